The summed E-state index contributed by atoms with van der Waals surface area (Å²) in [6.45, 7) is 3.96. The SMILES string of the molecule is C=CCn1c(=O)n(-c2ccccc2)c(=O)c2[nH]c(C(=O)OCc3ccccc3)cc21. The third-order valence-corrected chi connectivity index (χ3v) is 4.69. The highest BCUT2D eigenvalue weighted by molar-refractivity contribution is 5.93. The van der Waals surface area contributed by atoms with Crippen LogP contribution in [0, 0.1) is 0 Å². The van der Waals surface area contributed by atoms with Crippen LogP contribution in [0.5, 0.6) is 0 Å². The van der Waals surface area contributed by atoms with Crippen LogP contribution in [0.1, 0.15) is 16.1 Å². The van der Waals surface area contributed by atoms with Gasteiger partial charge in [-0.1, -0.05) is 54.6 Å². The van der Waals surface area contributed by atoms with Crippen LogP contribution < -0.4 is 11.2 Å². The molecule has 2 heterocycles. The molecule has 0 atom stereocenters. The van der Waals surface area contributed by atoms with E-state index in [1.54, 1.807) is 36.4 Å². The first-order valence-electron chi connectivity index (χ1n) is 9.36. The van der Waals surface area contributed by atoms with Crippen LogP contribution in [-0.2, 0) is 17.9 Å². The Hall–Kier alpha value is -4.13. The molecule has 0 fully saturated rings. The van der Waals surface area contributed by atoms with Gasteiger partial charge in [-0.3, -0.25) is 9.36 Å². The second-order valence-corrected chi connectivity index (χ2v) is 6.66. The Labute approximate surface area is 171 Å². The van der Waals surface area contributed by atoms with Gasteiger partial charge in [-0.25, -0.2) is 14.2 Å². The molecule has 7 heteroatoms. The molecular weight excluding hydrogens is 382 g/mol. The number of para-hydroxylation sites is 1. The van der Waals surface area contributed by atoms with E-state index in [2.05, 4.69) is 11.6 Å². The summed E-state index contributed by atoms with van der Waals surface area (Å²) in [5, 5.41) is 0. The van der Waals surface area contributed by atoms with Gasteiger partial charge in [0.2, 0.25) is 0 Å². The molecular formula is C23H19N3O4. The first-order chi connectivity index (χ1) is 14.6. The fourth-order valence-corrected chi connectivity index (χ4v) is 3.26. The predicted octanol–water partition coefficient (Wildman–Crippen LogP) is 3.02. The molecule has 0 radical (unpaired) electrons. The van der Waals surface area contributed by atoms with Crippen molar-refractivity contribution in [2.24, 2.45) is 0 Å². The van der Waals surface area contributed by atoms with Crippen molar-refractivity contribution in [1.29, 1.82) is 0 Å². The lowest BCUT2D eigenvalue weighted by Crippen LogP contribution is -2.38. The standard InChI is InChI=1S/C23H19N3O4/c1-2-13-25-19-14-18(22(28)30-15-16-9-5-3-6-10-16)24-20(19)21(27)26(23(25)29)17-11-7-4-8-12-17/h2-12,14,24H,1,13,15H2. The molecule has 7 nitrogen and oxygen atoms in total. The number of esters is 1. The van der Waals surface area contributed by atoms with Gasteiger partial charge < -0.3 is 9.72 Å². The highest BCUT2D eigenvalue weighted by Crippen LogP contribution is 2.14. The minimum Gasteiger partial charge on any atom is -0.456 e. The fourth-order valence-electron chi connectivity index (χ4n) is 3.26. The third-order valence-electron chi connectivity index (χ3n) is 4.69. The van der Waals surface area contributed by atoms with Gasteiger partial charge in [0.25, 0.3) is 5.56 Å². The van der Waals surface area contributed by atoms with Crippen molar-refractivity contribution in [3.8, 4) is 5.69 Å². The first-order valence-corrected chi connectivity index (χ1v) is 9.36. The molecule has 0 spiro atoms. The van der Waals surface area contributed by atoms with Gasteiger partial charge in [-0.05, 0) is 23.8 Å². The number of nitrogens with one attached hydrogen (secondary N) is 1. The molecule has 0 amide bonds. The lowest BCUT2D eigenvalue weighted by Gasteiger charge is -2.10. The Morgan fingerprint density at radius 3 is 2.37 bits per heavy atom. The summed E-state index contributed by atoms with van der Waals surface area (Å²) >= 11 is 0. The Bertz CT molecular complexity index is 1330. The Morgan fingerprint density at radius 2 is 1.70 bits per heavy atom. The summed E-state index contributed by atoms with van der Waals surface area (Å²) in [4.78, 5) is 41.5. The van der Waals surface area contributed by atoms with Gasteiger partial charge in [0.05, 0.1) is 11.2 Å². The zero-order valence-corrected chi connectivity index (χ0v) is 16.1. The van der Waals surface area contributed by atoms with Gasteiger partial charge in [0.15, 0.2) is 0 Å². The summed E-state index contributed by atoms with van der Waals surface area (Å²) in [5.41, 5.74) is 0.800. The number of aromatic amines is 1. The van der Waals surface area contributed by atoms with Crippen LogP contribution in [0.15, 0.2) is 89.0 Å². The second-order valence-electron chi connectivity index (χ2n) is 6.66. The van der Waals surface area contributed by atoms with Gasteiger partial charge in [0.1, 0.15) is 17.8 Å². The number of carbonyl (C=O) groups excluding carboxylic acids is 1. The lowest BCUT2D eigenvalue weighted by atomic mass is 10.2. The van der Waals surface area contributed by atoms with Crippen molar-refractivity contribution in [2.75, 3.05) is 0 Å². The van der Waals surface area contributed by atoms with Gasteiger partial charge >= 0.3 is 11.7 Å². The molecule has 30 heavy (non-hydrogen) atoms. The molecule has 2 aromatic carbocycles. The zero-order chi connectivity index (χ0) is 21.1. The number of ether oxygens (including phenoxy) is 1. The molecule has 150 valence electrons. The Balaban J connectivity index is 1.79. The minimum atomic E-state index is -0.613. The molecule has 0 aliphatic rings. The van der Waals surface area contributed by atoms with E-state index in [-0.39, 0.29) is 24.4 Å². The van der Waals surface area contributed by atoms with E-state index in [1.165, 1.54) is 10.6 Å². The van der Waals surface area contributed by atoms with E-state index in [0.717, 1.165) is 10.1 Å². The maximum atomic E-state index is 13.1. The maximum Gasteiger partial charge on any atom is 0.355 e. The van der Waals surface area contributed by atoms with Crippen molar-refractivity contribution >= 4 is 17.0 Å². The number of carbonyl (C=O) groups is 1. The van der Waals surface area contributed by atoms with Crippen molar-refractivity contribution in [1.82, 2.24) is 14.1 Å². The molecule has 2 aromatic heterocycles. The summed E-state index contributed by atoms with van der Waals surface area (Å²) in [6, 6.07) is 19.4. The van der Waals surface area contributed by atoms with Crippen LogP contribution in [0.4, 0.5) is 0 Å². The van der Waals surface area contributed by atoms with E-state index in [9.17, 15) is 14.4 Å². The smallest absolute Gasteiger partial charge is 0.355 e. The summed E-state index contributed by atoms with van der Waals surface area (Å²) in [6.07, 6.45) is 1.56. The monoisotopic (exact) mass is 401 g/mol. The third kappa shape index (κ3) is 3.48. The van der Waals surface area contributed by atoms with Crippen LogP contribution in [0.3, 0.4) is 0 Å². The molecule has 0 unspecified atom stereocenters. The van der Waals surface area contributed by atoms with Crippen molar-refractivity contribution < 1.29 is 9.53 Å². The van der Waals surface area contributed by atoms with E-state index < -0.39 is 17.2 Å². The normalized spacial score (nSPS) is 10.8. The maximum absolute atomic E-state index is 13.1. The largest absolute Gasteiger partial charge is 0.456 e. The molecule has 0 saturated heterocycles. The number of H-pyrrole nitrogens is 1. The summed E-state index contributed by atoms with van der Waals surface area (Å²) in [7, 11) is 0. The molecule has 0 saturated carbocycles. The minimum absolute atomic E-state index is 0.0982. The number of fused-ring (bicyclic) bond motifs is 1. The summed E-state index contributed by atoms with van der Waals surface area (Å²) < 4.78 is 7.80. The van der Waals surface area contributed by atoms with E-state index >= 15 is 0 Å². The highest BCUT2D eigenvalue weighted by Gasteiger charge is 2.19. The Morgan fingerprint density at radius 1 is 1.03 bits per heavy atom. The fraction of sp³-hybridized carbons (Fsp3) is 0.0870. The second kappa shape index (κ2) is 8.08. The van der Waals surface area contributed by atoms with Gasteiger partial charge in [-0.15, -0.1) is 6.58 Å². The van der Waals surface area contributed by atoms with E-state index in [0.29, 0.717) is 11.2 Å². The Kier molecular flexibility index (Phi) is 5.17. The van der Waals surface area contributed by atoms with Crippen LogP contribution >= 0.6 is 0 Å². The number of hydrogen-bond donors (Lipinski definition) is 1. The molecule has 4 aromatic rings. The number of aromatic nitrogens is 3. The number of hydrogen-bond acceptors (Lipinski definition) is 4. The lowest BCUT2D eigenvalue weighted by molar-refractivity contribution is 0.0467. The van der Waals surface area contributed by atoms with Crippen molar-refractivity contribution in [2.45, 2.75) is 13.2 Å². The predicted molar refractivity (Wildman–Crippen MR) is 114 cm³/mol. The first kappa shape index (κ1) is 19.2. The summed E-state index contributed by atoms with van der Waals surface area (Å²) in [5.74, 6) is -0.613. The number of rotatable bonds is 6. The molecule has 1 N–H and O–H groups in total. The van der Waals surface area contributed by atoms with Crippen molar-refractivity contribution in [3.63, 3.8) is 0 Å². The molecule has 0 aliphatic heterocycles. The van der Waals surface area contributed by atoms with Crippen LogP contribution in [-0.4, -0.2) is 20.1 Å². The van der Waals surface area contributed by atoms with Crippen LogP contribution in [0.2, 0.25) is 0 Å². The molecule has 4 rings (SSSR count). The van der Waals surface area contributed by atoms with Crippen LogP contribution in [0.25, 0.3) is 16.7 Å². The van der Waals surface area contributed by atoms with Crippen molar-refractivity contribution in [3.05, 3.63) is 111 Å². The molecule has 0 aliphatic carbocycles. The highest BCUT2D eigenvalue weighted by atomic mass is 16.5. The zero-order valence-electron chi connectivity index (χ0n) is 16.1. The number of nitrogens with zero attached hydrogens (tertiary/aromatic N) is 2. The average molecular weight is 401 g/mol. The number of allylic oxidation sites excluding steroid dienone is 1. The van der Waals surface area contributed by atoms with Gasteiger partial charge in [-0.2, -0.15) is 0 Å². The molecule has 0 bridgehead atoms. The van der Waals surface area contributed by atoms with E-state index in [4.69, 9.17) is 4.74 Å². The van der Waals surface area contributed by atoms with Gasteiger partial charge in [0, 0.05) is 6.54 Å². The quantitative estimate of drug-likeness (QED) is 0.397. The number of benzene rings is 2. The average Bonchev–Trinajstić information content (AvgIpc) is 3.22. The topological polar surface area (TPSA) is 86.1 Å². The van der Waals surface area contributed by atoms with E-state index in [1.807, 2.05) is 30.3 Å².